The zero-order chi connectivity index (χ0) is 10.7. The molecule has 0 fully saturated rings. The van der Waals surface area contributed by atoms with E-state index in [4.69, 9.17) is 11.6 Å². The molecule has 3 nitrogen and oxygen atoms in total. The van der Waals surface area contributed by atoms with Crippen molar-refractivity contribution in [2.75, 3.05) is 0 Å². The fraction of sp³-hybridized carbons (Fsp3) is 0.333. The highest BCUT2D eigenvalue weighted by Crippen LogP contribution is 2.24. The Morgan fingerprint density at radius 1 is 1.64 bits per heavy atom. The molecule has 0 heterocycles. The molecule has 0 spiro atoms. The summed E-state index contributed by atoms with van der Waals surface area (Å²) in [7, 11) is 0. The highest BCUT2D eigenvalue weighted by molar-refractivity contribution is 9.10. The van der Waals surface area contributed by atoms with E-state index in [9.17, 15) is 10.1 Å². The van der Waals surface area contributed by atoms with Gasteiger partial charge in [0.2, 0.25) is 0 Å². The second-order valence-electron chi connectivity index (χ2n) is 3.02. The Bertz CT molecular complexity index is 355. The van der Waals surface area contributed by atoms with E-state index in [-0.39, 0.29) is 16.0 Å². The Labute approximate surface area is 95.4 Å². The first-order valence-electron chi connectivity index (χ1n) is 4.07. The van der Waals surface area contributed by atoms with Gasteiger partial charge in [-0.15, -0.1) is 11.6 Å². The molecule has 14 heavy (non-hydrogen) atoms. The van der Waals surface area contributed by atoms with E-state index >= 15 is 0 Å². The lowest BCUT2D eigenvalue weighted by Gasteiger charge is -2.04. The third-order valence-electron chi connectivity index (χ3n) is 1.74. The van der Waals surface area contributed by atoms with Gasteiger partial charge in [0.25, 0.3) is 5.69 Å². The molecular weight excluding hydrogens is 269 g/mol. The van der Waals surface area contributed by atoms with Gasteiger partial charge in [0.1, 0.15) is 0 Å². The van der Waals surface area contributed by atoms with Crippen LogP contribution in [0.15, 0.2) is 22.7 Å². The van der Waals surface area contributed by atoms with Crippen molar-refractivity contribution >= 4 is 33.2 Å². The van der Waals surface area contributed by atoms with E-state index in [1.807, 2.05) is 6.92 Å². The predicted octanol–water partition coefficient (Wildman–Crippen LogP) is 3.53. The molecule has 1 atom stereocenters. The van der Waals surface area contributed by atoms with Crippen LogP contribution in [0.2, 0.25) is 0 Å². The molecule has 0 bridgehead atoms. The molecule has 0 saturated heterocycles. The Morgan fingerprint density at radius 2 is 2.29 bits per heavy atom. The van der Waals surface area contributed by atoms with Crippen LogP contribution in [0, 0.1) is 10.1 Å². The summed E-state index contributed by atoms with van der Waals surface area (Å²) in [5.41, 5.74) is 0.785. The van der Waals surface area contributed by atoms with Crippen LogP contribution in [0.5, 0.6) is 0 Å². The smallest absolute Gasteiger partial charge is 0.258 e. The Morgan fingerprint density at radius 3 is 2.79 bits per heavy atom. The van der Waals surface area contributed by atoms with Crippen molar-refractivity contribution in [1.29, 1.82) is 0 Å². The third kappa shape index (κ3) is 2.96. The molecule has 0 amide bonds. The Hall–Kier alpha value is -0.610. The van der Waals surface area contributed by atoms with Crippen LogP contribution < -0.4 is 0 Å². The highest BCUT2D eigenvalue weighted by Gasteiger charge is 2.14. The molecule has 0 radical (unpaired) electrons. The van der Waals surface area contributed by atoms with E-state index in [1.54, 1.807) is 12.1 Å². The number of alkyl halides is 1. The maximum absolute atomic E-state index is 10.7. The number of rotatable bonds is 3. The summed E-state index contributed by atoms with van der Waals surface area (Å²) in [6, 6.07) is 4.87. The van der Waals surface area contributed by atoms with Crippen molar-refractivity contribution in [3.05, 3.63) is 38.3 Å². The zero-order valence-electron chi connectivity index (χ0n) is 7.54. The number of nitrogens with zero attached hydrogens (tertiary/aromatic N) is 1. The molecule has 0 aliphatic heterocycles. The minimum absolute atomic E-state index is 0.108. The molecule has 0 aromatic heterocycles. The van der Waals surface area contributed by atoms with Gasteiger partial charge in [0, 0.05) is 21.5 Å². The summed E-state index contributed by atoms with van der Waals surface area (Å²) >= 11 is 9.07. The van der Waals surface area contributed by atoms with E-state index in [1.165, 1.54) is 6.07 Å². The summed E-state index contributed by atoms with van der Waals surface area (Å²) < 4.78 is 0.829. The van der Waals surface area contributed by atoms with Crippen molar-refractivity contribution in [2.24, 2.45) is 0 Å². The number of nitro benzene ring substituents is 1. The van der Waals surface area contributed by atoms with Crippen molar-refractivity contribution in [3.63, 3.8) is 0 Å². The van der Waals surface area contributed by atoms with Gasteiger partial charge in [-0.1, -0.05) is 15.9 Å². The number of hydrogen-bond acceptors (Lipinski definition) is 2. The molecule has 1 unspecified atom stereocenters. The fourth-order valence-corrected chi connectivity index (χ4v) is 1.77. The molecular formula is C9H9BrClNO2. The lowest BCUT2D eigenvalue weighted by Crippen LogP contribution is -2.01. The summed E-state index contributed by atoms with van der Waals surface area (Å²) in [6.45, 7) is 1.81. The number of hydrogen-bond donors (Lipinski definition) is 0. The summed E-state index contributed by atoms with van der Waals surface area (Å²) in [4.78, 5) is 10.3. The summed E-state index contributed by atoms with van der Waals surface area (Å²) in [5.74, 6) is 0. The van der Waals surface area contributed by atoms with Crippen LogP contribution in [0.4, 0.5) is 5.69 Å². The van der Waals surface area contributed by atoms with Gasteiger partial charge in [-0.25, -0.2) is 0 Å². The standard InChI is InChI=1S/C9H9BrClNO2/c1-6(11)4-7-5-8(10)2-3-9(7)12(13)14/h2-3,5-6H,4H2,1H3. The third-order valence-corrected chi connectivity index (χ3v) is 2.39. The van der Waals surface area contributed by atoms with Gasteiger partial charge in [-0.05, 0) is 25.5 Å². The number of benzene rings is 1. The molecule has 0 saturated carbocycles. The molecule has 76 valence electrons. The normalized spacial score (nSPS) is 12.5. The van der Waals surface area contributed by atoms with E-state index in [0.717, 1.165) is 4.47 Å². The predicted molar refractivity (Wildman–Crippen MR) is 59.8 cm³/mol. The zero-order valence-corrected chi connectivity index (χ0v) is 9.88. The molecule has 1 aromatic carbocycles. The molecule has 0 aliphatic rings. The SMILES string of the molecule is CC(Cl)Cc1cc(Br)ccc1[N+](=O)[O-]. The molecule has 1 aromatic rings. The van der Waals surface area contributed by atoms with Crippen molar-refractivity contribution in [1.82, 2.24) is 0 Å². The maximum atomic E-state index is 10.7. The first-order valence-corrected chi connectivity index (χ1v) is 5.30. The molecule has 1 rings (SSSR count). The van der Waals surface area contributed by atoms with Gasteiger partial charge in [-0.2, -0.15) is 0 Å². The van der Waals surface area contributed by atoms with Crippen LogP contribution in [0.3, 0.4) is 0 Å². The topological polar surface area (TPSA) is 43.1 Å². The molecule has 0 N–H and O–H groups in total. The second kappa shape index (κ2) is 4.75. The summed E-state index contributed by atoms with van der Waals surface area (Å²) in [5, 5.41) is 10.6. The monoisotopic (exact) mass is 277 g/mol. The molecule has 5 heteroatoms. The first-order chi connectivity index (χ1) is 6.50. The van der Waals surface area contributed by atoms with E-state index in [2.05, 4.69) is 15.9 Å². The Balaban J connectivity index is 3.09. The van der Waals surface area contributed by atoms with Gasteiger partial charge in [0.05, 0.1) is 4.92 Å². The van der Waals surface area contributed by atoms with Crippen molar-refractivity contribution in [2.45, 2.75) is 18.7 Å². The van der Waals surface area contributed by atoms with Gasteiger partial charge in [-0.3, -0.25) is 10.1 Å². The largest absolute Gasteiger partial charge is 0.272 e. The summed E-state index contributed by atoms with van der Waals surface area (Å²) in [6.07, 6.45) is 0.497. The van der Waals surface area contributed by atoms with Crippen LogP contribution in [0.25, 0.3) is 0 Å². The number of nitro groups is 1. The van der Waals surface area contributed by atoms with E-state index < -0.39 is 0 Å². The highest BCUT2D eigenvalue weighted by atomic mass is 79.9. The van der Waals surface area contributed by atoms with Crippen LogP contribution in [0.1, 0.15) is 12.5 Å². The van der Waals surface area contributed by atoms with Crippen LogP contribution in [-0.2, 0) is 6.42 Å². The lowest BCUT2D eigenvalue weighted by atomic mass is 10.1. The van der Waals surface area contributed by atoms with Crippen LogP contribution in [-0.4, -0.2) is 10.3 Å². The quantitative estimate of drug-likeness (QED) is 0.482. The van der Waals surface area contributed by atoms with Gasteiger partial charge < -0.3 is 0 Å². The Kier molecular flexibility index (Phi) is 3.89. The minimum atomic E-state index is -0.388. The van der Waals surface area contributed by atoms with Gasteiger partial charge >= 0.3 is 0 Å². The fourth-order valence-electron chi connectivity index (χ4n) is 1.20. The minimum Gasteiger partial charge on any atom is -0.258 e. The second-order valence-corrected chi connectivity index (χ2v) is 4.68. The average molecular weight is 279 g/mol. The van der Waals surface area contributed by atoms with Crippen LogP contribution >= 0.6 is 27.5 Å². The number of halogens is 2. The van der Waals surface area contributed by atoms with Gasteiger partial charge in [0.15, 0.2) is 0 Å². The molecule has 0 aliphatic carbocycles. The lowest BCUT2D eigenvalue weighted by molar-refractivity contribution is -0.385. The van der Waals surface area contributed by atoms with Crippen molar-refractivity contribution in [3.8, 4) is 0 Å². The first kappa shape index (κ1) is 11.5. The van der Waals surface area contributed by atoms with Crippen molar-refractivity contribution < 1.29 is 4.92 Å². The average Bonchev–Trinajstić information content (AvgIpc) is 2.01. The maximum Gasteiger partial charge on any atom is 0.272 e. The van der Waals surface area contributed by atoms with E-state index in [0.29, 0.717) is 12.0 Å².